The lowest BCUT2D eigenvalue weighted by Crippen LogP contribution is -2.35. The van der Waals surface area contributed by atoms with Gasteiger partial charge in [0.25, 0.3) is 0 Å². The topological polar surface area (TPSA) is 32.3 Å². The van der Waals surface area contributed by atoms with Gasteiger partial charge in [0.15, 0.2) is 0 Å². The average Bonchev–Trinajstić information content (AvgIpc) is 2.92. The van der Waals surface area contributed by atoms with Crippen molar-refractivity contribution in [1.29, 1.82) is 0 Å². The van der Waals surface area contributed by atoms with Crippen LogP contribution in [0, 0.1) is 17.8 Å². The summed E-state index contributed by atoms with van der Waals surface area (Å²) >= 11 is 0. The number of nitrogens with one attached hydrogen (secondary N) is 1. The van der Waals surface area contributed by atoms with Crippen LogP contribution in [-0.2, 0) is 4.79 Å². The van der Waals surface area contributed by atoms with Gasteiger partial charge < -0.3 is 10.2 Å². The molecule has 3 aliphatic rings. The van der Waals surface area contributed by atoms with Crippen LogP contribution in [0.25, 0.3) is 0 Å². The summed E-state index contributed by atoms with van der Waals surface area (Å²) < 4.78 is 0. The lowest BCUT2D eigenvalue weighted by atomic mass is 10.0. The van der Waals surface area contributed by atoms with E-state index in [2.05, 4.69) is 10.2 Å². The number of halogens is 1. The molecule has 3 atom stereocenters. The zero-order valence-corrected chi connectivity index (χ0v) is 10.5. The molecule has 92 valence electrons. The average molecular weight is 245 g/mol. The van der Waals surface area contributed by atoms with Crippen molar-refractivity contribution >= 4 is 18.3 Å². The van der Waals surface area contributed by atoms with Crippen molar-refractivity contribution < 1.29 is 4.79 Å². The number of carbonyl (C=O) groups excluding carboxylic acids is 1. The van der Waals surface area contributed by atoms with Crippen molar-refractivity contribution in [2.75, 3.05) is 26.2 Å². The van der Waals surface area contributed by atoms with Crippen molar-refractivity contribution in [2.24, 2.45) is 17.8 Å². The van der Waals surface area contributed by atoms with Crippen LogP contribution in [0.15, 0.2) is 0 Å². The number of amides is 1. The van der Waals surface area contributed by atoms with Crippen LogP contribution in [-0.4, -0.2) is 37.0 Å². The van der Waals surface area contributed by atoms with E-state index in [1.54, 1.807) is 0 Å². The largest absolute Gasteiger partial charge is 0.342 e. The Hall–Kier alpha value is -0.280. The Morgan fingerprint density at radius 3 is 2.38 bits per heavy atom. The first kappa shape index (κ1) is 12.2. The molecule has 2 unspecified atom stereocenters. The van der Waals surface area contributed by atoms with E-state index in [1.165, 1.54) is 19.3 Å². The minimum atomic E-state index is 0. The van der Waals surface area contributed by atoms with Crippen molar-refractivity contribution in [3.8, 4) is 0 Å². The predicted octanol–water partition coefficient (Wildman–Crippen LogP) is 1.28. The Bertz CT molecular complexity index is 254. The van der Waals surface area contributed by atoms with Crippen molar-refractivity contribution in [2.45, 2.75) is 25.7 Å². The van der Waals surface area contributed by atoms with Gasteiger partial charge in [-0.3, -0.25) is 4.79 Å². The SMILES string of the molecule is Cl.O=C([C@H]1CCNC1)N1CC2CCCC2C1. The molecule has 1 saturated carbocycles. The third-order valence-corrected chi connectivity index (χ3v) is 4.45. The third-order valence-electron chi connectivity index (χ3n) is 4.45. The van der Waals surface area contributed by atoms with Gasteiger partial charge >= 0.3 is 0 Å². The number of hydrogen-bond acceptors (Lipinski definition) is 2. The van der Waals surface area contributed by atoms with E-state index in [9.17, 15) is 4.79 Å². The summed E-state index contributed by atoms with van der Waals surface area (Å²) in [5.74, 6) is 2.38. The summed E-state index contributed by atoms with van der Waals surface area (Å²) in [6.07, 6.45) is 5.15. The molecule has 4 heteroatoms. The van der Waals surface area contributed by atoms with Crippen LogP contribution in [0.5, 0.6) is 0 Å². The molecular weight excluding hydrogens is 224 g/mol. The fraction of sp³-hybridized carbons (Fsp3) is 0.917. The van der Waals surface area contributed by atoms with Gasteiger partial charge in [0, 0.05) is 19.6 Å². The highest BCUT2D eigenvalue weighted by atomic mass is 35.5. The Morgan fingerprint density at radius 2 is 1.81 bits per heavy atom. The van der Waals surface area contributed by atoms with Gasteiger partial charge in [-0.05, 0) is 37.6 Å². The zero-order chi connectivity index (χ0) is 10.3. The number of rotatable bonds is 1. The molecule has 0 bridgehead atoms. The van der Waals surface area contributed by atoms with E-state index in [0.717, 1.165) is 44.4 Å². The first-order valence-corrected chi connectivity index (χ1v) is 6.34. The molecule has 2 heterocycles. The molecule has 2 saturated heterocycles. The van der Waals surface area contributed by atoms with Gasteiger partial charge in [0.1, 0.15) is 0 Å². The van der Waals surface area contributed by atoms with Crippen molar-refractivity contribution in [3.63, 3.8) is 0 Å². The summed E-state index contributed by atoms with van der Waals surface area (Å²) in [7, 11) is 0. The summed E-state index contributed by atoms with van der Waals surface area (Å²) in [5, 5.41) is 3.28. The minimum Gasteiger partial charge on any atom is -0.342 e. The quantitative estimate of drug-likeness (QED) is 0.754. The Kier molecular flexibility index (Phi) is 3.75. The van der Waals surface area contributed by atoms with Gasteiger partial charge in [-0.15, -0.1) is 12.4 Å². The molecule has 3 nitrogen and oxygen atoms in total. The second-order valence-electron chi connectivity index (χ2n) is 5.38. The molecule has 3 rings (SSSR count). The van der Waals surface area contributed by atoms with Crippen LogP contribution >= 0.6 is 12.4 Å². The Balaban J connectivity index is 0.000000963. The summed E-state index contributed by atoms with van der Waals surface area (Å²) in [6.45, 7) is 4.04. The Morgan fingerprint density at radius 1 is 1.12 bits per heavy atom. The normalized spacial score (nSPS) is 37.2. The maximum atomic E-state index is 12.2. The standard InChI is InChI=1S/C12H20N2O.ClH/c15-12(9-4-5-13-6-9)14-7-10-2-1-3-11(10)8-14;/h9-11,13H,1-8H2;1H/t9-,10?,11?;/m0./s1. The van der Waals surface area contributed by atoms with Crippen LogP contribution in [0.3, 0.4) is 0 Å². The molecule has 1 N–H and O–H groups in total. The highest BCUT2D eigenvalue weighted by Crippen LogP contribution is 2.38. The smallest absolute Gasteiger partial charge is 0.227 e. The highest BCUT2D eigenvalue weighted by Gasteiger charge is 2.39. The van der Waals surface area contributed by atoms with Crippen LogP contribution < -0.4 is 5.32 Å². The van der Waals surface area contributed by atoms with E-state index >= 15 is 0 Å². The summed E-state index contributed by atoms with van der Waals surface area (Å²) in [4.78, 5) is 14.3. The molecule has 16 heavy (non-hydrogen) atoms. The lowest BCUT2D eigenvalue weighted by Gasteiger charge is -2.20. The molecule has 2 aliphatic heterocycles. The zero-order valence-electron chi connectivity index (χ0n) is 9.65. The number of carbonyl (C=O) groups is 1. The summed E-state index contributed by atoms with van der Waals surface area (Å²) in [6, 6.07) is 0. The second-order valence-corrected chi connectivity index (χ2v) is 5.38. The number of fused-ring (bicyclic) bond motifs is 1. The van der Waals surface area contributed by atoms with Crippen LogP contribution in [0.4, 0.5) is 0 Å². The molecule has 0 aromatic carbocycles. The minimum absolute atomic E-state index is 0. The fourth-order valence-electron chi connectivity index (χ4n) is 3.54. The molecule has 0 spiro atoms. The van der Waals surface area contributed by atoms with E-state index in [4.69, 9.17) is 0 Å². The first-order chi connectivity index (χ1) is 7.34. The molecular formula is C12H21ClN2O. The van der Waals surface area contributed by atoms with E-state index in [0.29, 0.717) is 5.91 Å². The van der Waals surface area contributed by atoms with Crippen molar-refractivity contribution in [3.05, 3.63) is 0 Å². The predicted molar refractivity (Wildman–Crippen MR) is 65.6 cm³/mol. The van der Waals surface area contributed by atoms with E-state index in [1.807, 2.05) is 0 Å². The molecule has 3 fully saturated rings. The molecule has 1 amide bonds. The number of likely N-dealkylation sites (tertiary alicyclic amines) is 1. The number of nitrogens with zero attached hydrogens (tertiary/aromatic N) is 1. The molecule has 1 aliphatic carbocycles. The first-order valence-electron chi connectivity index (χ1n) is 6.34. The maximum absolute atomic E-state index is 12.2. The summed E-state index contributed by atoms with van der Waals surface area (Å²) in [5.41, 5.74) is 0. The highest BCUT2D eigenvalue weighted by molar-refractivity contribution is 5.85. The maximum Gasteiger partial charge on any atom is 0.227 e. The van der Waals surface area contributed by atoms with Gasteiger partial charge in [-0.1, -0.05) is 6.42 Å². The fourth-order valence-corrected chi connectivity index (χ4v) is 3.54. The third kappa shape index (κ3) is 2.07. The number of hydrogen-bond donors (Lipinski definition) is 1. The van der Waals surface area contributed by atoms with Crippen molar-refractivity contribution in [1.82, 2.24) is 10.2 Å². The van der Waals surface area contributed by atoms with E-state index < -0.39 is 0 Å². The van der Waals surface area contributed by atoms with Crippen LogP contribution in [0.1, 0.15) is 25.7 Å². The molecule has 0 aromatic heterocycles. The van der Waals surface area contributed by atoms with E-state index in [-0.39, 0.29) is 18.3 Å². The Labute approximate surface area is 103 Å². The van der Waals surface area contributed by atoms with Gasteiger partial charge in [-0.2, -0.15) is 0 Å². The monoisotopic (exact) mass is 244 g/mol. The second kappa shape index (κ2) is 4.92. The molecule has 0 aromatic rings. The van der Waals surface area contributed by atoms with Gasteiger partial charge in [0.05, 0.1) is 5.92 Å². The lowest BCUT2D eigenvalue weighted by molar-refractivity contribution is -0.134. The van der Waals surface area contributed by atoms with Crippen LogP contribution in [0.2, 0.25) is 0 Å². The molecule has 0 radical (unpaired) electrons. The van der Waals surface area contributed by atoms with Gasteiger partial charge in [0.2, 0.25) is 5.91 Å². The van der Waals surface area contributed by atoms with Gasteiger partial charge in [-0.25, -0.2) is 0 Å².